The van der Waals surface area contributed by atoms with Gasteiger partial charge in [0.1, 0.15) is 16.0 Å². The van der Waals surface area contributed by atoms with Gasteiger partial charge in [0.2, 0.25) is 0 Å². The molecule has 0 aromatic heterocycles. The molecular weight excluding hydrogens is 456 g/mol. The molecule has 0 bridgehead atoms. The standard InChI is InChI=1S/C17H16Br2N2O4/c1-10-5-3-4-6-13(10)25-9-14(22)21-20-8-11-7-12(18)17(24-2)15(19)16(11)23/h3-8,23H,9H2,1-2H3,(H,21,22). The van der Waals surface area contributed by atoms with Crippen LogP contribution in [0.4, 0.5) is 0 Å². The van der Waals surface area contributed by atoms with E-state index in [4.69, 9.17) is 9.47 Å². The summed E-state index contributed by atoms with van der Waals surface area (Å²) in [5.41, 5.74) is 3.69. The van der Waals surface area contributed by atoms with E-state index in [1.807, 2.05) is 25.1 Å². The molecule has 132 valence electrons. The minimum atomic E-state index is -0.411. The number of benzene rings is 2. The Morgan fingerprint density at radius 2 is 2.08 bits per heavy atom. The fourth-order valence-electron chi connectivity index (χ4n) is 1.96. The first kappa shape index (κ1) is 19.3. The van der Waals surface area contributed by atoms with E-state index >= 15 is 0 Å². The smallest absolute Gasteiger partial charge is 0.277 e. The maximum Gasteiger partial charge on any atom is 0.277 e. The summed E-state index contributed by atoms with van der Waals surface area (Å²) < 4.78 is 11.6. The van der Waals surface area contributed by atoms with E-state index in [-0.39, 0.29) is 12.4 Å². The van der Waals surface area contributed by atoms with Gasteiger partial charge in [0, 0.05) is 5.56 Å². The number of para-hydroxylation sites is 1. The fourth-order valence-corrected chi connectivity index (χ4v) is 3.44. The molecule has 0 atom stereocenters. The van der Waals surface area contributed by atoms with Gasteiger partial charge in [-0.25, -0.2) is 5.43 Å². The van der Waals surface area contributed by atoms with Gasteiger partial charge in [-0.1, -0.05) is 18.2 Å². The van der Waals surface area contributed by atoms with Crippen LogP contribution in [0.5, 0.6) is 17.2 Å². The number of amides is 1. The number of ether oxygens (including phenoxy) is 2. The number of aryl methyl sites for hydroxylation is 1. The highest BCUT2D eigenvalue weighted by atomic mass is 79.9. The Hall–Kier alpha value is -2.06. The Balaban J connectivity index is 1.97. The number of aromatic hydroxyl groups is 1. The second-order valence-corrected chi connectivity index (χ2v) is 6.64. The van der Waals surface area contributed by atoms with Gasteiger partial charge in [-0.05, 0) is 56.5 Å². The predicted octanol–water partition coefficient (Wildman–Crippen LogP) is 3.76. The number of hydrogen-bond donors (Lipinski definition) is 2. The van der Waals surface area contributed by atoms with Crippen LogP contribution in [0.1, 0.15) is 11.1 Å². The molecule has 0 saturated carbocycles. The lowest BCUT2D eigenvalue weighted by atomic mass is 10.2. The average molecular weight is 472 g/mol. The van der Waals surface area contributed by atoms with E-state index in [0.717, 1.165) is 5.56 Å². The monoisotopic (exact) mass is 470 g/mol. The number of hydrogen-bond acceptors (Lipinski definition) is 5. The minimum Gasteiger partial charge on any atom is -0.506 e. The van der Waals surface area contributed by atoms with Gasteiger partial charge < -0.3 is 14.6 Å². The zero-order valence-electron chi connectivity index (χ0n) is 13.5. The normalized spacial score (nSPS) is 10.7. The molecule has 6 nitrogen and oxygen atoms in total. The van der Waals surface area contributed by atoms with Gasteiger partial charge in [0.25, 0.3) is 5.91 Å². The number of hydrazone groups is 1. The van der Waals surface area contributed by atoms with Crippen molar-refractivity contribution in [2.24, 2.45) is 5.10 Å². The summed E-state index contributed by atoms with van der Waals surface area (Å²) in [6, 6.07) is 9.03. The van der Waals surface area contributed by atoms with Crippen LogP contribution < -0.4 is 14.9 Å². The summed E-state index contributed by atoms with van der Waals surface area (Å²) in [5, 5.41) is 13.9. The molecule has 0 spiro atoms. The first-order valence-electron chi connectivity index (χ1n) is 7.19. The van der Waals surface area contributed by atoms with E-state index < -0.39 is 5.91 Å². The molecule has 0 heterocycles. The maximum absolute atomic E-state index is 11.8. The Bertz CT molecular complexity index is 809. The second kappa shape index (κ2) is 8.87. The van der Waals surface area contributed by atoms with Crippen molar-refractivity contribution in [2.75, 3.05) is 13.7 Å². The summed E-state index contributed by atoms with van der Waals surface area (Å²) in [7, 11) is 1.49. The van der Waals surface area contributed by atoms with Crippen molar-refractivity contribution in [1.82, 2.24) is 5.43 Å². The van der Waals surface area contributed by atoms with Gasteiger partial charge >= 0.3 is 0 Å². The molecule has 8 heteroatoms. The van der Waals surface area contributed by atoms with Crippen LogP contribution in [0.15, 0.2) is 44.4 Å². The van der Waals surface area contributed by atoms with Crippen molar-refractivity contribution < 1.29 is 19.4 Å². The van der Waals surface area contributed by atoms with Crippen molar-refractivity contribution >= 4 is 44.0 Å². The number of carbonyl (C=O) groups excluding carboxylic acids is 1. The summed E-state index contributed by atoms with van der Waals surface area (Å²) in [5.74, 6) is 0.646. The van der Waals surface area contributed by atoms with Crippen LogP contribution in [0, 0.1) is 6.92 Å². The Morgan fingerprint density at radius 3 is 2.76 bits per heavy atom. The predicted molar refractivity (Wildman–Crippen MR) is 102 cm³/mol. The van der Waals surface area contributed by atoms with Crippen molar-refractivity contribution in [3.63, 3.8) is 0 Å². The molecular formula is C17H16Br2N2O4. The van der Waals surface area contributed by atoms with Gasteiger partial charge in [-0.15, -0.1) is 0 Å². The summed E-state index contributed by atoms with van der Waals surface area (Å²) >= 11 is 6.58. The van der Waals surface area contributed by atoms with Gasteiger partial charge in [0.15, 0.2) is 12.4 Å². The van der Waals surface area contributed by atoms with Crippen LogP contribution in [-0.2, 0) is 4.79 Å². The molecule has 0 unspecified atom stereocenters. The van der Waals surface area contributed by atoms with Crippen LogP contribution in [0.25, 0.3) is 0 Å². The fraction of sp³-hybridized carbons (Fsp3) is 0.176. The third-order valence-electron chi connectivity index (χ3n) is 3.23. The Kier molecular flexibility index (Phi) is 6.83. The number of nitrogens with zero attached hydrogens (tertiary/aromatic N) is 1. The molecule has 2 aromatic carbocycles. The van der Waals surface area contributed by atoms with E-state index in [0.29, 0.717) is 26.0 Å². The number of methoxy groups -OCH3 is 1. The molecule has 2 N–H and O–H groups in total. The molecule has 0 fully saturated rings. The van der Waals surface area contributed by atoms with Crippen molar-refractivity contribution in [3.05, 3.63) is 50.4 Å². The maximum atomic E-state index is 11.8. The average Bonchev–Trinajstić information content (AvgIpc) is 2.59. The van der Waals surface area contributed by atoms with Crippen molar-refractivity contribution in [1.29, 1.82) is 0 Å². The molecule has 0 radical (unpaired) electrons. The number of nitrogens with one attached hydrogen (secondary N) is 1. The van der Waals surface area contributed by atoms with Gasteiger partial charge in [-0.2, -0.15) is 5.10 Å². The van der Waals surface area contributed by atoms with E-state index in [1.165, 1.54) is 13.3 Å². The molecule has 0 saturated heterocycles. The lowest BCUT2D eigenvalue weighted by molar-refractivity contribution is -0.123. The summed E-state index contributed by atoms with van der Waals surface area (Å²) in [6.07, 6.45) is 1.33. The lowest BCUT2D eigenvalue weighted by Gasteiger charge is -2.10. The van der Waals surface area contributed by atoms with Crippen molar-refractivity contribution in [2.45, 2.75) is 6.92 Å². The molecule has 0 aliphatic heterocycles. The number of halogens is 2. The Morgan fingerprint density at radius 1 is 1.36 bits per heavy atom. The van der Waals surface area contributed by atoms with E-state index in [1.54, 1.807) is 12.1 Å². The molecule has 2 rings (SSSR count). The number of phenols is 1. The second-order valence-electron chi connectivity index (χ2n) is 4.99. The Labute approximate surface area is 162 Å². The first-order chi connectivity index (χ1) is 11.9. The van der Waals surface area contributed by atoms with Gasteiger partial charge in [0.05, 0.1) is 17.8 Å². The summed E-state index contributed by atoms with van der Waals surface area (Å²) in [6.45, 7) is 1.73. The largest absolute Gasteiger partial charge is 0.506 e. The first-order valence-corrected chi connectivity index (χ1v) is 8.78. The van der Waals surface area contributed by atoms with Gasteiger partial charge in [-0.3, -0.25) is 4.79 Å². The minimum absolute atomic E-state index is 0.0470. The topological polar surface area (TPSA) is 80.2 Å². The molecule has 2 aromatic rings. The zero-order chi connectivity index (χ0) is 18.4. The van der Waals surface area contributed by atoms with E-state index in [2.05, 4.69) is 42.4 Å². The number of rotatable bonds is 6. The van der Waals surface area contributed by atoms with E-state index in [9.17, 15) is 9.90 Å². The lowest BCUT2D eigenvalue weighted by Crippen LogP contribution is -2.24. The molecule has 0 aliphatic carbocycles. The van der Waals surface area contributed by atoms with Crippen LogP contribution in [0.2, 0.25) is 0 Å². The molecule has 1 amide bonds. The van der Waals surface area contributed by atoms with Crippen LogP contribution >= 0.6 is 31.9 Å². The van der Waals surface area contributed by atoms with Crippen LogP contribution in [0.3, 0.4) is 0 Å². The quantitative estimate of drug-likeness (QED) is 0.496. The highest BCUT2D eigenvalue weighted by Crippen LogP contribution is 2.41. The molecule has 25 heavy (non-hydrogen) atoms. The SMILES string of the molecule is COc1c(Br)cc(C=NNC(=O)COc2ccccc2C)c(O)c1Br. The molecule has 0 aliphatic rings. The summed E-state index contributed by atoms with van der Waals surface area (Å²) in [4.78, 5) is 11.8. The number of phenolic OH excluding ortho intramolecular Hbond substituents is 1. The highest BCUT2D eigenvalue weighted by molar-refractivity contribution is 9.11. The number of carbonyl (C=O) groups is 1. The highest BCUT2D eigenvalue weighted by Gasteiger charge is 2.14. The third-order valence-corrected chi connectivity index (χ3v) is 4.55. The zero-order valence-corrected chi connectivity index (χ0v) is 16.7. The third kappa shape index (κ3) is 4.96. The van der Waals surface area contributed by atoms with Crippen molar-refractivity contribution in [3.8, 4) is 17.2 Å². The van der Waals surface area contributed by atoms with Crippen LogP contribution in [-0.4, -0.2) is 30.9 Å².